The molecule has 1 aliphatic heterocycles. The predicted molar refractivity (Wildman–Crippen MR) is 144 cm³/mol. The first-order chi connectivity index (χ1) is 19.9. The Bertz CT molecular complexity index is 1390. The van der Waals surface area contributed by atoms with Crippen LogP contribution in [0, 0.1) is 0 Å². The quantitative estimate of drug-likeness (QED) is 0.305. The molecule has 3 aromatic rings. The van der Waals surface area contributed by atoms with E-state index in [0.717, 1.165) is 0 Å². The van der Waals surface area contributed by atoms with Crippen molar-refractivity contribution in [1.29, 1.82) is 0 Å². The highest BCUT2D eigenvalue weighted by molar-refractivity contribution is 5.69. The van der Waals surface area contributed by atoms with E-state index in [2.05, 4.69) is 15.1 Å². The highest BCUT2D eigenvalue weighted by atomic mass is 19.4. The summed E-state index contributed by atoms with van der Waals surface area (Å²) in [6, 6.07) is 0.371. The Morgan fingerprint density at radius 2 is 1.58 bits per heavy atom. The number of hydrogen-bond acceptors (Lipinski definition) is 7. The third-order valence-corrected chi connectivity index (χ3v) is 6.75. The van der Waals surface area contributed by atoms with Crippen molar-refractivity contribution in [3.05, 3.63) is 59.7 Å². The van der Waals surface area contributed by atoms with Gasteiger partial charge in [0.1, 0.15) is 5.60 Å². The Labute approximate surface area is 244 Å². The summed E-state index contributed by atoms with van der Waals surface area (Å²) in [4.78, 5) is 24.9. The molecule has 0 aliphatic carbocycles. The van der Waals surface area contributed by atoms with Crippen LogP contribution in [-0.2, 0) is 35.4 Å². The summed E-state index contributed by atoms with van der Waals surface area (Å²) in [6.45, 7) is 4.90. The fourth-order valence-electron chi connectivity index (χ4n) is 4.87. The maximum atomic E-state index is 13.6. The third kappa shape index (κ3) is 7.94. The van der Waals surface area contributed by atoms with Crippen LogP contribution in [0.4, 0.5) is 37.1 Å². The van der Waals surface area contributed by atoms with Gasteiger partial charge in [-0.25, -0.2) is 14.8 Å². The molecule has 15 heteroatoms. The van der Waals surface area contributed by atoms with Gasteiger partial charge in [-0.3, -0.25) is 4.68 Å². The zero-order valence-electron chi connectivity index (χ0n) is 24.2. The molecule has 4 rings (SSSR count). The molecular weight excluding hydrogens is 582 g/mol. The summed E-state index contributed by atoms with van der Waals surface area (Å²) in [5.41, 5.74) is -2.59. The number of carbonyl (C=O) groups is 1. The average molecular weight is 615 g/mol. The topological polar surface area (TPSA) is 85.6 Å². The number of ether oxygens (including phenoxy) is 2. The van der Waals surface area contributed by atoms with Gasteiger partial charge in [0.15, 0.2) is 0 Å². The van der Waals surface area contributed by atoms with Crippen LogP contribution >= 0.6 is 0 Å². The van der Waals surface area contributed by atoms with Crippen LogP contribution in [0.2, 0.25) is 0 Å². The monoisotopic (exact) mass is 614 g/mol. The minimum Gasteiger partial charge on any atom is -0.444 e. The van der Waals surface area contributed by atoms with Gasteiger partial charge in [0.25, 0.3) is 0 Å². The molecule has 0 saturated carbocycles. The maximum absolute atomic E-state index is 13.6. The van der Waals surface area contributed by atoms with Crippen LogP contribution in [0.1, 0.15) is 43.9 Å². The molecular formula is C28H32F6N6O3. The number of aryl methyl sites for hydroxylation is 1. The number of carbonyl (C=O) groups excluding carboxylic acids is 1. The first kappa shape index (κ1) is 32.0. The molecule has 2 atom stereocenters. The van der Waals surface area contributed by atoms with Gasteiger partial charge in [0, 0.05) is 57.0 Å². The van der Waals surface area contributed by atoms with Crippen molar-refractivity contribution in [2.75, 3.05) is 25.2 Å². The zero-order valence-corrected chi connectivity index (χ0v) is 24.2. The lowest BCUT2D eigenvalue weighted by Crippen LogP contribution is -2.43. The Balaban J connectivity index is 1.75. The number of nitrogens with zero attached hydrogens (tertiary/aromatic N) is 6. The number of alkyl halides is 6. The molecule has 1 fully saturated rings. The minimum atomic E-state index is -5.01. The molecule has 234 valence electrons. The Morgan fingerprint density at radius 1 is 0.977 bits per heavy atom. The second-order valence-corrected chi connectivity index (χ2v) is 11.3. The molecule has 2 aromatic heterocycles. The van der Waals surface area contributed by atoms with E-state index < -0.39 is 53.8 Å². The van der Waals surface area contributed by atoms with Gasteiger partial charge in [-0.1, -0.05) is 0 Å². The molecule has 0 radical (unpaired) electrons. The van der Waals surface area contributed by atoms with Crippen molar-refractivity contribution < 1.29 is 40.6 Å². The van der Waals surface area contributed by atoms with Gasteiger partial charge in [0.05, 0.1) is 36.0 Å². The minimum absolute atomic E-state index is 0.0434. The molecule has 0 bridgehead atoms. The molecule has 9 nitrogen and oxygen atoms in total. The number of amides is 1. The smallest absolute Gasteiger partial charge is 0.416 e. The lowest BCUT2D eigenvalue weighted by atomic mass is 10.0. The molecule has 3 heterocycles. The molecule has 1 amide bonds. The van der Waals surface area contributed by atoms with Crippen molar-refractivity contribution >= 4 is 12.0 Å². The second-order valence-electron chi connectivity index (χ2n) is 11.3. The Kier molecular flexibility index (Phi) is 8.95. The van der Waals surface area contributed by atoms with Crippen LogP contribution in [0.3, 0.4) is 0 Å². The fraction of sp³-hybridized carbons (Fsp3) is 0.500. The number of halogens is 6. The molecule has 1 saturated heterocycles. The van der Waals surface area contributed by atoms with E-state index in [1.807, 2.05) is 0 Å². The third-order valence-electron chi connectivity index (χ3n) is 6.75. The lowest BCUT2D eigenvalue weighted by Gasteiger charge is -2.30. The molecule has 1 aliphatic rings. The number of rotatable bonds is 7. The number of aromatic nitrogens is 4. The van der Waals surface area contributed by atoms with Crippen molar-refractivity contribution in [2.45, 2.75) is 63.8 Å². The van der Waals surface area contributed by atoms with Gasteiger partial charge in [-0.2, -0.15) is 31.4 Å². The SMILES string of the molecule is COCC1CC(N(Cc2cc(C(F)(F)F)cc(C(F)(F)F)c2)c2ncc(-c3cnn(C)c3)cn2)CN1C(=O)OC(C)(C)C. The Hall–Kier alpha value is -3.88. The van der Waals surface area contributed by atoms with Crippen LogP contribution < -0.4 is 4.90 Å². The summed E-state index contributed by atoms with van der Waals surface area (Å²) in [6.07, 6.45) is -4.04. The van der Waals surface area contributed by atoms with Crippen LogP contribution in [0.5, 0.6) is 0 Å². The zero-order chi connectivity index (χ0) is 31.7. The molecule has 43 heavy (non-hydrogen) atoms. The number of anilines is 1. The second kappa shape index (κ2) is 12.0. The number of likely N-dealkylation sites (tertiary alicyclic amines) is 1. The first-order valence-corrected chi connectivity index (χ1v) is 13.3. The molecule has 1 aromatic carbocycles. The van der Waals surface area contributed by atoms with E-state index in [-0.39, 0.29) is 37.2 Å². The normalized spacial score (nSPS) is 17.8. The van der Waals surface area contributed by atoms with E-state index in [1.54, 1.807) is 44.9 Å². The summed E-state index contributed by atoms with van der Waals surface area (Å²) in [7, 11) is 3.19. The summed E-state index contributed by atoms with van der Waals surface area (Å²) >= 11 is 0. The first-order valence-electron chi connectivity index (χ1n) is 13.3. The van der Waals surface area contributed by atoms with Crippen molar-refractivity contribution in [3.63, 3.8) is 0 Å². The van der Waals surface area contributed by atoms with Crippen molar-refractivity contribution in [2.24, 2.45) is 7.05 Å². The van der Waals surface area contributed by atoms with Gasteiger partial charge in [-0.15, -0.1) is 0 Å². The number of hydrogen-bond donors (Lipinski definition) is 0. The standard InChI is InChI=1S/C28H32F6N6O3/c1-26(2,3)43-25(41)40-15-22(9-23(40)16-42-5)39(24-35-10-18(11-36-24)19-12-37-38(4)14-19)13-17-6-20(27(29,30)31)8-21(7-17)28(32,33)34/h6-8,10-12,14,22-23H,9,13,15-16H2,1-5H3. The van der Waals surface area contributed by atoms with Crippen LogP contribution in [-0.4, -0.2) is 68.7 Å². The van der Waals surface area contributed by atoms with Gasteiger partial charge < -0.3 is 19.3 Å². The summed E-state index contributed by atoms with van der Waals surface area (Å²) < 4.78 is 94.2. The largest absolute Gasteiger partial charge is 0.444 e. The lowest BCUT2D eigenvalue weighted by molar-refractivity contribution is -0.143. The highest BCUT2D eigenvalue weighted by Gasteiger charge is 2.42. The number of methoxy groups -OCH3 is 1. The van der Waals surface area contributed by atoms with Gasteiger partial charge in [-0.05, 0) is 51.0 Å². The van der Waals surface area contributed by atoms with E-state index in [9.17, 15) is 31.1 Å². The van der Waals surface area contributed by atoms with Gasteiger partial charge in [0.2, 0.25) is 5.95 Å². The molecule has 0 N–H and O–H groups in total. The maximum Gasteiger partial charge on any atom is 0.416 e. The van der Waals surface area contributed by atoms with E-state index in [1.165, 1.54) is 29.3 Å². The van der Waals surface area contributed by atoms with Crippen molar-refractivity contribution in [3.8, 4) is 11.1 Å². The van der Waals surface area contributed by atoms with Crippen LogP contribution in [0.15, 0.2) is 43.0 Å². The van der Waals surface area contributed by atoms with E-state index in [4.69, 9.17) is 9.47 Å². The Morgan fingerprint density at radius 3 is 2.07 bits per heavy atom. The van der Waals surface area contributed by atoms with E-state index >= 15 is 0 Å². The average Bonchev–Trinajstić information content (AvgIpc) is 3.52. The van der Waals surface area contributed by atoms with Crippen molar-refractivity contribution in [1.82, 2.24) is 24.6 Å². The van der Waals surface area contributed by atoms with E-state index in [0.29, 0.717) is 23.3 Å². The molecule has 0 spiro atoms. The molecule has 2 unspecified atom stereocenters. The summed E-state index contributed by atoms with van der Waals surface area (Å²) in [5, 5.41) is 4.11. The fourth-order valence-corrected chi connectivity index (χ4v) is 4.87. The predicted octanol–water partition coefficient (Wildman–Crippen LogP) is 5.95. The highest BCUT2D eigenvalue weighted by Crippen LogP contribution is 2.37. The van der Waals surface area contributed by atoms with Gasteiger partial charge >= 0.3 is 18.4 Å². The summed E-state index contributed by atoms with van der Waals surface area (Å²) in [5.74, 6) is 0.0609. The number of benzene rings is 1. The van der Waals surface area contributed by atoms with Crippen LogP contribution in [0.25, 0.3) is 11.1 Å².